The van der Waals surface area contributed by atoms with Crippen molar-refractivity contribution in [3.05, 3.63) is 106 Å². The minimum Gasteiger partial charge on any atom is -0.475 e. The van der Waals surface area contributed by atoms with Crippen LogP contribution >= 0.6 is 0 Å². The summed E-state index contributed by atoms with van der Waals surface area (Å²) in [6.45, 7) is 4.60. The van der Waals surface area contributed by atoms with Gasteiger partial charge in [-0.05, 0) is 61.4 Å². The van der Waals surface area contributed by atoms with Crippen molar-refractivity contribution in [3.8, 4) is 0 Å². The van der Waals surface area contributed by atoms with E-state index in [1.54, 1.807) is 0 Å². The molecule has 0 saturated heterocycles. The zero-order valence-corrected chi connectivity index (χ0v) is 22.0. The monoisotopic (exact) mass is 512 g/mol. The average molecular weight is 513 g/mol. The smallest absolute Gasteiger partial charge is 0.224 e. The third-order valence-electron chi connectivity index (χ3n) is 7.50. The fourth-order valence-electron chi connectivity index (χ4n) is 5.56. The molecule has 5 atom stereocenters. The standard InChI is InChI=1S/C32H36N2O4/c1-20-12-13-24(28(14-20)32-33-21(2)19-38-32)16-26(35)17-25(15-22-8-4-3-5-9-22)31(37)34-30-27-11-7-6-10-23(27)18-29(30)36/h3-14,21,25-26,29-30,35-36H,15-19H2,1-2H3,(H,34,37)/t21-,25-,26-,29+,30-/m0/s1. The van der Waals surface area contributed by atoms with Gasteiger partial charge in [-0.1, -0.05) is 72.3 Å². The van der Waals surface area contributed by atoms with Gasteiger partial charge in [-0.2, -0.15) is 0 Å². The number of hydrogen-bond acceptors (Lipinski definition) is 5. The van der Waals surface area contributed by atoms with Gasteiger partial charge in [-0.15, -0.1) is 0 Å². The molecule has 1 heterocycles. The third-order valence-corrected chi connectivity index (χ3v) is 7.50. The number of carbonyl (C=O) groups is 1. The van der Waals surface area contributed by atoms with Crippen LogP contribution in [0.25, 0.3) is 0 Å². The van der Waals surface area contributed by atoms with Crippen LogP contribution in [0.15, 0.2) is 77.8 Å². The summed E-state index contributed by atoms with van der Waals surface area (Å²) >= 11 is 0. The highest BCUT2D eigenvalue weighted by Gasteiger charge is 2.34. The van der Waals surface area contributed by atoms with E-state index in [0.717, 1.165) is 33.4 Å². The van der Waals surface area contributed by atoms with Crippen LogP contribution in [0.3, 0.4) is 0 Å². The van der Waals surface area contributed by atoms with Crippen molar-refractivity contribution >= 4 is 11.8 Å². The first-order valence-corrected chi connectivity index (χ1v) is 13.5. The average Bonchev–Trinajstić information content (AvgIpc) is 3.48. The molecule has 1 aliphatic heterocycles. The predicted octanol–water partition coefficient (Wildman–Crippen LogP) is 4.09. The van der Waals surface area contributed by atoms with Crippen LogP contribution in [0.4, 0.5) is 0 Å². The van der Waals surface area contributed by atoms with E-state index in [4.69, 9.17) is 4.74 Å². The van der Waals surface area contributed by atoms with Gasteiger partial charge in [-0.25, -0.2) is 4.99 Å². The highest BCUT2D eigenvalue weighted by molar-refractivity contribution is 5.96. The summed E-state index contributed by atoms with van der Waals surface area (Å²) in [5.74, 6) is 0.00679. The first-order chi connectivity index (χ1) is 18.4. The summed E-state index contributed by atoms with van der Waals surface area (Å²) < 4.78 is 5.82. The summed E-state index contributed by atoms with van der Waals surface area (Å²) in [5, 5.41) is 25.0. The largest absolute Gasteiger partial charge is 0.475 e. The molecule has 198 valence electrons. The molecule has 5 rings (SSSR count). The van der Waals surface area contributed by atoms with Crippen LogP contribution in [-0.2, 0) is 28.8 Å². The topological polar surface area (TPSA) is 91.2 Å². The highest BCUT2D eigenvalue weighted by Crippen LogP contribution is 2.32. The molecule has 1 aliphatic carbocycles. The minimum absolute atomic E-state index is 0.110. The summed E-state index contributed by atoms with van der Waals surface area (Å²) in [6.07, 6.45) is 0.303. The van der Waals surface area contributed by atoms with Gasteiger partial charge in [0.25, 0.3) is 0 Å². The van der Waals surface area contributed by atoms with E-state index in [1.807, 2.05) is 86.6 Å². The van der Waals surface area contributed by atoms with Gasteiger partial charge in [0.1, 0.15) is 6.61 Å². The van der Waals surface area contributed by atoms with Crippen LogP contribution in [0.2, 0.25) is 0 Å². The second kappa shape index (κ2) is 11.5. The zero-order valence-electron chi connectivity index (χ0n) is 22.0. The van der Waals surface area contributed by atoms with E-state index in [1.165, 1.54) is 0 Å². The number of amides is 1. The lowest BCUT2D eigenvalue weighted by Crippen LogP contribution is -2.39. The van der Waals surface area contributed by atoms with E-state index in [-0.39, 0.29) is 11.9 Å². The molecule has 6 heteroatoms. The maximum atomic E-state index is 13.6. The summed E-state index contributed by atoms with van der Waals surface area (Å²) in [4.78, 5) is 18.3. The molecular weight excluding hydrogens is 476 g/mol. The summed E-state index contributed by atoms with van der Waals surface area (Å²) in [6, 6.07) is 23.5. The second-order valence-corrected chi connectivity index (χ2v) is 10.7. The highest BCUT2D eigenvalue weighted by atomic mass is 16.5. The number of nitrogens with one attached hydrogen (secondary N) is 1. The molecule has 0 bridgehead atoms. The number of aliphatic hydroxyl groups excluding tert-OH is 2. The van der Waals surface area contributed by atoms with E-state index in [9.17, 15) is 15.0 Å². The Balaban J connectivity index is 1.34. The lowest BCUT2D eigenvalue weighted by molar-refractivity contribution is -0.127. The molecule has 3 N–H and O–H groups in total. The molecule has 0 radical (unpaired) electrons. The normalized spacial score (nSPS) is 21.8. The Morgan fingerprint density at radius 3 is 2.61 bits per heavy atom. The Morgan fingerprint density at radius 1 is 1.08 bits per heavy atom. The number of carbonyl (C=O) groups excluding carboxylic acids is 1. The van der Waals surface area contributed by atoms with Crippen molar-refractivity contribution < 1.29 is 19.7 Å². The number of ether oxygens (including phenoxy) is 1. The number of nitrogens with zero attached hydrogens (tertiary/aromatic N) is 1. The number of hydrogen-bond donors (Lipinski definition) is 3. The minimum atomic E-state index is -0.740. The summed E-state index contributed by atoms with van der Waals surface area (Å²) in [7, 11) is 0. The molecule has 3 aromatic carbocycles. The Hall–Kier alpha value is -3.48. The fourth-order valence-corrected chi connectivity index (χ4v) is 5.56. The van der Waals surface area contributed by atoms with Crippen molar-refractivity contribution in [2.24, 2.45) is 10.9 Å². The Bertz CT molecular complexity index is 1310. The molecular formula is C32H36N2O4. The SMILES string of the molecule is Cc1ccc(C[C@H](O)C[C@H](Cc2ccccc2)C(=O)N[C@H]2c3ccccc3C[C@H]2O)c(C2=N[C@@H](C)CO2)c1. The molecule has 2 aliphatic rings. The number of aryl methyl sites for hydroxylation is 1. The molecule has 0 aromatic heterocycles. The molecule has 1 amide bonds. The van der Waals surface area contributed by atoms with Crippen molar-refractivity contribution in [3.63, 3.8) is 0 Å². The lowest BCUT2D eigenvalue weighted by Gasteiger charge is -2.25. The predicted molar refractivity (Wildman–Crippen MR) is 148 cm³/mol. The third kappa shape index (κ3) is 5.98. The number of fused-ring (bicyclic) bond motifs is 1. The van der Waals surface area contributed by atoms with Crippen molar-refractivity contribution in [1.29, 1.82) is 0 Å². The van der Waals surface area contributed by atoms with Crippen LogP contribution in [0, 0.1) is 12.8 Å². The molecule has 3 aromatic rings. The quantitative estimate of drug-likeness (QED) is 0.403. The van der Waals surface area contributed by atoms with Crippen LogP contribution < -0.4 is 5.32 Å². The van der Waals surface area contributed by atoms with Crippen LogP contribution in [-0.4, -0.2) is 46.9 Å². The van der Waals surface area contributed by atoms with Gasteiger partial charge in [0.15, 0.2) is 0 Å². The number of aliphatic imine (C=N–C) groups is 1. The van der Waals surface area contributed by atoms with E-state index < -0.39 is 24.2 Å². The molecule has 0 unspecified atom stereocenters. The Morgan fingerprint density at radius 2 is 1.84 bits per heavy atom. The van der Waals surface area contributed by atoms with E-state index in [2.05, 4.69) is 10.3 Å². The van der Waals surface area contributed by atoms with E-state index in [0.29, 0.717) is 38.2 Å². The lowest BCUT2D eigenvalue weighted by atomic mass is 9.89. The van der Waals surface area contributed by atoms with Crippen LogP contribution in [0.1, 0.15) is 52.8 Å². The van der Waals surface area contributed by atoms with Gasteiger partial charge < -0.3 is 20.3 Å². The first kappa shape index (κ1) is 26.1. The maximum Gasteiger partial charge on any atom is 0.224 e. The number of benzene rings is 3. The zero-order chi connectivity index (χ0) is 26.6. The summed E-state index contributed by atoms with van der Waals surface area (Å²) in [5.41, 5.74) is 6.01. The molecule has 0 fully saturated rings. The molecule has 0 saturated carbocycles. The van der Waals surface area contributed by atoms with Gasteiger partial charge in [0.2, 0.25) is 11.8 Å². The molecule has 0 spiro atoms. The number of rotatable bonds is 9. The molecule has 6 nitrogen and oxygen atoms in total. The number of aliphatic hydroxyl groups is 2. The molecule has 38 heavy (non-hydrogen) atoms. The van der Waals surface area contributed by atoms with Crippen molar-refractivity contribution in [1.82, 2.24) is 5.32 Å². The van der Waals surface area contributed by atoms with Gasteiger partial charge >= 0.3 is 0 Å². The van der Waals surface area contributed by atoms with Gasteiger partial charge in [-0.3, -0.25) is 4.79 Å². The first-order valence-electron chi connectivity index (χ1n) is 13.5. The van der Waals surface area contributed by atoms with E-state index >= 15 is 0 Å². The Labute approximate surface area is 224 Å². The van der Waals surface area contributed by atoms with Gasteiger partial charge in [0.05, 0.1) is 24.3 Å². The van der Waals surface area contributed by atoms with Crippen molar-refractivity contribution in [2.45, 2.75) is 63.8 Å². The van der Waals surface area contributed by atoms with Crippen molar-refractivity contribution in [2.75, 3.05) is 6.61 Å². The van der Waals surface area contributed by atoms with Gasteiger partial charge in [0, 0.05) is 17.9 Å². The van der Waals surface area contributed by atoms with Crippen LogP contribution in [0.5, 0.6) is 0 Å². The fraction of sp³-hybridized carbons (Fsp3) is 0.375. The Kier molecular flexibility index (Phi) is 7.91. The second-order valence-electron chi connectivity index (χ2n) is 10.7. The maximum absolute atomic E-state index is 13.6.